The van der Waals surface area contributed by atoms with Crippen LogP contribution in [-0.2, 0) is 14.3 Å². The summed E-state index contributed by atoms with van der Waals surface area (Å²) in [4.78, 5) is 27.2. The third-order valence-electron chi connectivity index (χ3n) is 4.56. The zero-order valence-electron chi connectivity index (χ0n) is 13.4. The van der Waals surface area contributed by atoms with Gasteiger partial charge >= 0.3 is 0 Å². The van der Waals surface area contributed by atoms with E-state index in [2.05, 4.69) is 5.32 Å². The largest absolute Gasteiger partial charge is 0.378 e. The van der Waals surface area contributed by atoms with E-state index in [-0.39, 0.29) is 11.8 Å². The molecule has 1 aromatic rings. The Morgan fingerprint density at radius 2 is 1.87 bits per heavy atom. The van der Waals surface area contributed by atoms with Gasteiger partial charge in [-0.1, -0.05) is 17.7 Å². The summed E-state index contributed by atoms with van der Waals surface area (Å²) in [5, 5.41) is 3.38. The van der Waals surface area contributed by atoms with Crippen LogP contribution in [0.15, 0.2) is 12.1 Å². The zero-order valence-corrected chi connectivity index (χ0v) is 14.2. The van der Waals surface area contributed by atoms with Crippen LogP contribution in [0.4, 0.5) is 5.69 Å². The molecule has 6 heteroatoms. The number of rotatable bonds is 3. The highest BCUT2D eigenvalue weighted by Gasteiger charge is 2.58. The van der Waals surface area contributed by atoms with Crippen LogP contribution in [-0.4, -0.2) is 43.0 Å². The Morgan fingerprint density at radius 1 is 1.22 bits per heavy atom. The van der Waals surface area contributed by atoms with E-state index in [9.17, 15) is 9.59 Å². The van der Waals surface area contributed by atoms with Crippen LogP contribution >= 0.6 is 11.6 Å². The smallest absolute Gasteiger partial charge is 0.240 e. The van der Waals surface area contributed by atoms with Gasteiger partial charge in [-0.3, -0.25) is 9.59 Å². The average molecular weight is 337 g/mol. The fourth-order valence-electron chi connectivity index (χ4n) is 3.04. The molecule has 2 fully saturated rings. The molecule has 0 radical (unpaired) electrons. The molecule has 3 rings (SSSR count). The van der Waals surface area contributed by atoms with E-state index in [4.69, 9.17) is 16.3 Å². The van der Waals surface area contributed by atoms with E-state index in [1.54, 1.807) is 4.90 Å². The number of halogens is 1. The molecule has 0 atom stereocenters. The van der Waals surface area contributed by atoms with Gasteiger partial charge in [0, 0.05) is 13.1 Å². The molecule has 23 heavy (non-hydrogen) atoms. The molecule has 1 heterocycles. The van der Waals surface area contributed by atoms with Crippen LogP contribution in [0.3, 0.4) is 0 Å². The molecule has 124 valence electrons. The van der Waals surface area contributed by atoms with Crippen molar-refractivity contribution in [1.82, 2.24) is 4.90 Å². The molecule has 1 aromatic carbocycles. The van der Waals surface area contributed by atoms with Gasteiger partial charge in [-0.15, -0.1) is 0 Å². The summed E-state index contributed by atoms with van der Waals surface area (Å²) in [5.74, 6) is -0.331. The Bertz CT molecular complexity index is 626. The predicted octanol–water partition coefficient (Wildman–Crippen LogP) is 2.53. The molecule has 5 nitrogen and oxygen atoms in total. The lowest BCUT2D eigenvalue weighted by Crippen LogP contribution is -2.47. The van der Waals surface area contributed by atoms with E-state index < -0.39 is 5.41 Å². The number of hydrogen-bond acceptors (Lipinski definition) is 3. The lowest BCUT2D eigenvalue weighted by molar-refractivity contribution is -0.145. The third kappa shape index (κ3) is 3.08. The van der Waals surface area contributed by atoms with Crippen molar-refractivity contribution in [1.29, 1.82) is 0 Å². The number of morpholine rings is 1. The predicted molar refractivity (Wildman–Crippen MR) is 88.6 cm³/mol. The molecule has 1 N–H and O–H groups in total. The monoisotopic (exact) mass is 336 g/mol. The number of ether oxygens (including phenoxy) is 1. The van der Waals surface area contributed by atoms with Crippen LogP contribution < -0.4 is 5.32 Å². The van der Waals surface area contributed by atoms with Crippen molar-refractivity contribution in [2.75, 3.05) is 31.6 Å². The van der Waals surface area contributed by atoms with E-state index >= 15 is 0 Å². The third-order valence-corrected chi connectivity index (χ3v) is 4.86. The average Bonchev–Trinajstić information content (AvgIpc) is 3.32. The molecule has 0 bridgehead atoms. The molecule has 0 unspecified atom stereocenters. The highest BCUT2D eigenvalue weighted by molar-refractivity contribution is 6.34. The van der Waals surface area contributed by atoms with Gasteiger partial charge in [0.05, 0.1) is 23.9 Å². The number of carbonyl (C=O) groups is 2. The summed E-state index contributed by atoms with van der Waals surface area (Å²) < 4.78 is 5.27. The van der Waals surface area contributed by atoms with Crippen molar-refractivity contribution in [2.24, 2.45) is 5.41 Å². The van der Waals surface area contributed by atoms with Gasteiger partial charge in [-0.05, 0) is 43.9 Å². The molecule has 1 saturated carbocycles. The minimum Gasteiger partial charge on any atom is -0.378 e. The molecule has 0 aromatic heterocycles. The summed E-state index contributed by atoms with van der Waals surface area (Å²) in [6.07, 6.45) is 1.19. The van der Waals surface area contributed by atoms with Crippen LogP contribution in [0.1, 0.15) is 24.0 Å². The molecular formula is C17H21ClN2O3. The molecule has 0 spiro atoms. The van der Waals surface area contributed by atoms with E-state index in [0.717, 1.165) is 11.1 Å². The van der Waals surface area contributed by atoms with Crippen LogP contribution in [0, 0.1) is 19.3 Å². The van der Waals surface area contributed by atoms with Crippen molar-refractivity contribution in [3.8, 4) is 0 Å². The normalized spacial score (nSPS) is 19.3. The second-order valence-corrected chi connectivity index (χ2v) is 6.79. The van der Waals surface area contributed by atoms with Crippen molar-refractivity contribution >= 4 is 29.1 Å². The Morgan fingerprint density at radius 3 is 2.43 bits per heavy atom. The van der Waals surface area contributed by atoms with Crippen LogP contribution in [0.25, 0.3) is 0 Å². The molecular weight excluding hydrogens is 316 g/mol. The first-order chi connectivity index (χ1) is 10.9. The highest BCUT2D eigenvalue weighted by Crippen LogP contribution is 2.48. The first kappa shape index (κ1) is 16.3. The van der Waals surface area contributed by atoms with Crippen molar-refractivity contribution in [3.63, 3.8) is 0 Å². The van der Waals surface area contributed by atoms with Gasteiger partial charge in [0.1, 0.15) is 5.41 Å². The van der Waals surface area contributed by atoms with E-state index in [1.165, 1.54) is 0 Å². The Kier molecular flexibility index (Phi) is 4.34. The van der Waals surface area contributed by atoms with Gasteiger partial charge in [0.25, 0.3) is 0 Å². The van der Waals surface area contributed by atoms with Gasteiger partial charge < -0.3 is 15.0 Å². The maximum Gasteiger partial charge on any atom is 0.240 e. The maximum absolute atomic E-state index is 12.7. The number of hydrogen-bond donors (Lipinski definition) is 1. The minimum absolute atomic E-state index is 0.0841. The lowest BCUT2D eigenvalue weighted by Gasteiger charge is -2.30. The fourth-order valence-corrected chi connectivity index (χ4v) is 3.41. The SMILES string of the molecule is Cc1cc(C)c(NC(=O)C2(C(=O)N3CCOCC3)CC2)c(Cl)c1. The number of amides is 2. The fraction of sp³-hybridized carbons (Fsp3) is 0.529. The maximum atomic E-state index is 12.7. The standard InChI is InChI=1S/C17H21ClN2O3/c1-11-9-12(2)14(13(18)10-11)19-15(21)17(3-4-17)16(22)20-5-7-23-8-6-20/h9-10H,3-8H2,1-2H3,(H,19,21). The number of aryl methyl sites for hydroxylation is 2. The second kappa shape index (κ2) is 6.13. The summed E-state index contributed by atoms with van der Waals surface area (Å²) in [6, 6.07) is 3.78. The molecule has 2 amide bonds. The number of nitrogens with zero attached hydrogens (tertiary/aromatic N) is 1. The lowest BCUT2D eigenvalue weighted by atomic mass is 10.0. The first-order valence-corrected chi connectivity index (χ1v) is 8.27. The summed E-state index contributed by atoms with van der Waals surface area (Å²) in [7, 11) is 0. The van der Waals surface area contributed by atoms with Crippen LogP contribution in [0.5, 0.6) is 0 Å². The van der Waals surface area contributed by atoms with E-state index in [1.807, 2.05) is 26.0 Å². The Hall–Kier alpha value is -1.59. The topological polar surface area (TPSA) is 58.6 Å². The Labute approximate surface area is 140 Å². The van der Waals surface area contributed by atoms with Crippen molar-refractivity contribution < 1.29 is 14.3 Å². The minimum atomic E-state index is -0.919. The van der Waals surface area contributed by atoms with Gasteiger partial charge in [0.2, 0.25) is 11.8 Å². The van der Waals surface area contributed by atoms with Gasteiger partial charge in [-0.25, -0.2) is 0 Å². The highest BCUT2D eigenvalue weighted by atomic mass is 35.5. The molecule has 1 saturated heterocycles. The second-order valence-electron chi connectivity index (χ2n) is 6.38. The molecule has 1 aliphatic heterocycles. The summed E-state index contributed by atoms with van der Waals surface area (Å²) in [6.45, 7) is 6.03. The van der Waals surface area contributed by atoms with Crippen molar-refractivity contribution in [2.45, 2.75) is 26.7 Å². The summed E-state index contributed by atoms with van der Waals surface area (Å²) >= 11 is 6.25. The number of benzene rings is 1. The quantitative estimate of drug-likeness (QED) is 0.863. The zero-order chi connectivity index (χ0) is 16.6. The number of carbonyl (C=O) groups excluding carboxylic acids is 2. The summed E-state index contributed by atoms with van der Waals surface area (Å²) in [5.41, 5.74) is 1.62. The van der Waals surface area contributed by atoms with Crippen LogP contribution in [0.2, 0.25) is 5.02 Å². The van der Waals surface area contributed by atoms with Gasteiger partial charge in [0.15, 0.2) is 0 Å². The molecule has 1 aliphatic carbocycles. The number of nitrogens with one attached hydrogen (secondary N) is 1. The van der Waals surface area contributed by atoms with E-state index in [0.29, 0.717) is 49.9 Å². The molecule has 2 aliphatic rings. The van der Waals surface area contributed by atoms with Gasteiger partial charge in [-0.2, -0.15) is 0 Å². The van der Waals surface area contributed by atoms with Crippen molar-refractivity contribution in [3.05, 3.63) is 28.3 Å². The number of anilines is 1. The Balaban J connectivity index is 1.76. The first-order valence-electron chi connectivity index (χ1n) is 7.89.